The van der Waals surface area contributed by atoms with Crippen molar-refractivity contribution in [1.82, 2.24) is 5.32 Å². The normalized spacial score (nSPS) is 19.2. The van der Waals surface area contributed by atoms with Gasteiger partial charge in [0, 0.05) is 24.8 Å². The molecule has 0 spiro atoms. The lowest BCUT2D eigenvalue weighted by Gasteiger charge is -2.24. The van der Waals surface area contributed by atoms with Crippen LogP contribution in [0.25, 0.3) is 0 Å². The maximum Gasteiger partial charge on any atom is 0.231 e. The van der Waals surface area contributed by atoms with Crippen molar-refractivity contribution in [3.8, 4) is 5.75 Å². The molecule has 17 heavy (non-hydrogen) atoms. The molecule has 1 aliphatic rings. The van der Waals surface area contributed by atoms with Crippen LogP contribution in [0, 0.1) is 5.92 Å². The van der Waals surface area contributed by atoms with E-state index in [1.165, 1.54) is 0 Å². The average molecular weight is 234 g/mol. The summed E-state index contributed by atoms with van der Waals surface area (Å²) in [6.45, 7) is 4.24. The van der Waals surface area contributed by atoms with Gasteiger partial charge in [0.2, 0.25) is 5.91 Å². The Bertz CT molecular complexity index is 400. The summed E-state index contributed by atoms with van der Waals surface area (Å²) in [7, 11) is 0. The van der Waals surface area contributed by atoms with Crippen LogP contribution in [0.15, 0.2) is 24.3 Å². The van der Waals surface area contributed by atoms with Gasteiger partial charge in [0.1, 0.15) is 5.75 Å². The predicted molar refractivity (Wildman–Crippen MR) is 67.1 cm³/mol. The number of benzene rings is 1. The first kappa shape index (κ1) is 11.9. The molecular formula is C13H18N2O2. The zero-order valence-electron chi connectivity index (χ0n) is 10.0. The monoisotopic (exact) mass is 234 g/mol. The van der Waals surface area contributed by atoms with E-state index in [1.807, 2.05) is 13.0 Å². The molecule has 0 bridgehead atoms. The highest BCUT2D eigenvalue weighted by molar-refractivity contribution is 5.95. The Labute approximate surface area is 101 Å². The molecule has 1 aliphatic heterocycles. The van der Waals surface area contributed by atoms with Crippen molar-refractivity contribution in [2.24, 2.45) is 5.92 Å². The number of carbonyl (C=O) groups excluding carboxylic acids is 1. The van der Waals surface area contributed by atoms with E-state index < -0.39 is 0 Å². The van der Waals surface area contributed by atoms with E-state index in [4.69, 9.17) is 0 Å². The van der Waals surface area contributed by atoms with Crippen LogP contribution in [0.5, 0.6) is 5.75 Å². The minimum atomic E-state index is 0.0669. The lowest BCUT2D eigenvalue weighted by Crippen LogP contribution is -2.36. The fraction of sp³-hybridized carbons (Fsp3) is 0.462. The number of hydrogen-bond donors (Lipinski definition) is 2. The average Bonchev–Trinajstić information content (AvgIpc) is 2.83. The number of carbonyl (C=O) groups is 1. The van der Waals surface area contributed by atoms with E-state index in [9.17, 15) is 9.90 Å². The molecule has 4 heteroatoms. The smallest absolute Gasteiger partial charge is 0.231 e. The van der Waals surface area contributed by atoms with Gasteiger partial charge in [0.05, 0.1) is 5.92 Å². The van der Waals surface area contributed by atoms with Crippen LogP contribution in [0.4, 0.5) is 5.69 Å². The Kier molecular flexibility index (Phi) is 3.64. The van der Waals surface area contributed by atoms with Gasteiger partial charge in [-0.2, -0.15) is 0 Å². The molecule has 0 saturated carbocycles. The van der Waals surface area contributed by atoms with Gasteiger partial charge in [-0.3, -0.25) is 4.79 Å². The van der Waals surface area contributed by atoms with Crippen LogP contribution < -0.4 is 10.2 Å². The second-order valence-electron chi connectivity index (χ2n) is 4.29. The highest BCUT2D eigenvalue weighted by atomic mass is 16.3. The molecule has 2 rings (SSSR count). The molecule has 1 heterocycles. The second kappa shape index (κ2) is 5.19. The summed E-state index contributed by atoms with van der Waals surface area (Å²) in [5, 5.41) is 12.7. The van der Waals surface area contributed by atoms with Crippen molar-refractivity contribution in [2.75, 3.05) is 24.5 Å². The molecule has 1 aromatic carbocycles. The maximum atomic E-state index is 12.3. The summed E-state index contributed by atoms with van der Waals surface area (Å²) < 4.78 is 0. The summed E-state index contributed by atoms with van der Waals surface area (Å²) in [5.74, 6) is 0.402. The summed E-state index contributed by atoms with van der Waals surface area (Å²) in [4.78, 5) is 14.0. The molecule has 0 aromatic heterocycles. The first-order valence-electron chi connectivity index (χ1n) is 6.03. The number of nitrogens with one attached hydrogen (secondary N) is 1. The largest absolute Gasteiger partial charge is 0.508 e. The zero-order valence-corrected chi connectivity index (χ0v) is 10.0. The maximum absolute atomic E-state index is 12.3. The number of hydrogen-bond acceptors (Lipinski definition) is 3. The number of anilines is 1. The van der Waals surface area contributed by atoms with Crippen LogP contribution in [0.2, 0.25) is 0 Å². The van der Waals surface area contributed by atoms with Crippen molar-refractivity contribution in [2.45, 2.75) is 13.3 Å². The van der Waals surface area contributed by atoms with Crippen molar-refractivity contribution in [3.63, 3.8) is 0 Å². The Hall–Kier alpha value is -1.55. The van der Waals surface area contributed by atoms with E-state index in [2.05, 4.69) is 5.32 Å². The van der Waals surface area contributed by atoms with Crippen LogP contribution >= 0.6 is 0 Å². The van der Waals surface area contributed by atoms with E-state index in [-0.39, 0.29) is 17.6 Å². The first-order chi connectivity index (χ1) is 8.22. The highest BCUT2D eigenvalue weighted by Gasteiger charge is 2.27. The molecule has 0 radical (unpaired) electrons. The number of amides is 1. The number of phenols is 1. The van der Waals surface area contributed by atoms with Crippen LogP contribution in [-0.2, 0) is 4.79 Å². The van der Waals surface area contributed by atoms with Gasteiger partial charge in [-0.05, 0) is 32.0 Å². The second-order valence-corrected chi connectivity index (χ2v) is 4.29. The molecule has 1 amide bonds. The highest BCUT2D eigenvalue weighted by Crippen LogP contribution is 2.23. The molecule has 1 unspecified atom stereocenters. The standard InChI is InChI=1S/C13H18N2O2/c1-2-15(11-4-3-5-12(16)8-11)13(17)10-6-7-14-9-10/h3-5,8,10,14,16H,2,6-7,9H2,1H3. The molecule has 1 aromatic rings. The fourth-order valence-electron chi connectivity index (χ4n) is 2.21. The lowest BCUT2D eigenvalue weighted by molar-refractivity contribution is -0.121. The van der Waals surface area contributed by atoms with Crippen LogP contribution in [0.1, 0.15) is 13.3 Å². The van der Waals surface area contributed by atoms with Gasteiger partial charge in [-0.15, -0.1) is 0 Å². The summed E-state index contributed by atoms with van der Waals surface area (Å²) >= 11 is 0. The topological polar surface area (TPSA) is 52.6 Å². The Morgan fingerprint density at radius 2 is 2.41 bits per heavy atom. The molecule has 1 saturated heterocycles. The predicted octanol–water partition coefficient (Wildman–Crippen LogP) is 1.35. The SMILES string of the molecule is CCN(C(=O)C1CCNC1)c1cccc(O)c1. The molecule has 2 N–H and O–H groups in total. The molecule has 0 aliphatic carbocycles. The van der Waals surface area contributed by atoms with Gasteiger partial charge in [-0.25, -0.2) is 0 Å². The Morgan fingerprint density at radius 3 is 3.00 bits per heavy atom. The molecule has 1 atom stereocenters. The summed E-state index contributed by atoms with van der Waals surface area (Å²) in [5.41, 5.74) is 0.768. The van der Waals surface area contributed by atoms with Gasteiger partial charge in [0.15, 0.2) is 0 Å². The minimum absolute atomic E-state index is 0.0669. The minimum Gasteiger partial charge on any atom is -0.508 e. The van der Waals surface area contributed by atoms with E-state index in [0.29, 0.717) is 6.54 Å². The van der Waals surface area contributed by atoms with Crippen molar-refractivity contribution < 1.29 is 9.90 Å². The number of rotatable bonds is 3. The first-order valence-corrected chi connectivity index (χ1v) is 6.03. The van der Waals surface area contributed by atoms with Gasteiger partial charge in [0.25, 0.3) is 0 Å². The van der Waals surface area contributed by atoms with Gasteiger partial charge >= 0.3 is 0 Å². The fourth-order valence-corrected chi connectivity index (χ4v) is 2.21. The summed E-state index contributed by atoms with van der Waals surface area (Å²) in [6.07, 6.45) is 0.897. The van der Waals surface area contributed by atoms with Crippen molar-refractivity contribution >= 4 is 11.6 Å². The molecular weight excluding hydrogens is 216 g/mol. The number of phenolic OH excluding ortho intramolecular Hbond substituents is 1. The quantitative estimate of drug-likeness (QED) is 0.830. The van der Waals surface area contributed by atoms with Gasteiger partial charge in [-0.1, -0.05) is 6.07 Å². The van der Waals surface area contributed by atoms with E-state index in [1.54, 1.807) is 23.1 Å². The van der Waals surface area contributed by atoms with Crippen molar-refractivity contribution in [1.29, 1.82) is 0 Å². The van der Waals surface area contributed by atoms with Gasteiger partial charge < -0.3 is 15.3 Å². The lowest BCUT2D eigenvalue weighted by atomic mass is 10.1. The van der Waals surface area contributed by atoms with E-state index >= 15 is 0 Å². The third-order valence-corrected chi connectivity index (χ3v) is 3.13. The zero-order chi connectivity index (χ0) is 12.3. The third-order valence-electron chi connectivity index (χ3n) is 3.13. The molecule has 92 valence electrons. The molecule has 4 nitrogen and oxygen atoms in total. The third kappa shape index (κ3) is 2.58. The van der Waals surface area contributed by atoms with Crippen molar-refractivity contribution in [3.05, 3.63) is 24.3 Å². The Morgan fingerprint density at radius 1 is 1.59 bits per heavy atom. The Balaban J connectivity index is 2.17. The van der Waals surface area contributed by atoms with E-state index in [0.717, 1.165) is 25.2 Å². The van der Waals surface area contributed by atoms with Crippen LogP contribution in [0.3, 0.4) is 0 Å². The number of nitrogens with zero attached hydrogens (tertiary/aromatic N) is 1. The molecule has 1 fully saturated rings. The number of aromatic hydroxyl groups is 1. The summed E-state index contributed by atoms with van der Waals surface area (Å²) in [6, 6.07) is 6.85. The van der Waals surface area contributed by atoms with Crippen LogP contribution in [-0.4, -0.2) is 30.6 Å².